The van der Waals surface area contributed by atoms with E-state index in [1.165, 1.54) is 19.2 Å². The minimum atomic E-state index is -0.914. The van der Waals surface area contributed by atoms with Crippen LogP contribution >= 0.6 is 0 Å². The fraction of sp³-hybridized carbons (Fsp3) is 0.312. The molecule has 122 valence electrons. The number of aryl methyl sites for hydroxylation is 2. The summed E-state index contributed by atoms with van der Waals surface area (Å²) in [6, 6.07) is 4.75. The number of esters is 1. The van der Waals surface area contributed by atoms with Crippen LogP contribution in [0.5, 0.6) is 0 Å². The van der Waals surface area contributed by atoms with Crippen molar-refractivity contribution in [2.75, 3.05) is 7.11 Å². The highest BCUT2D eigenvalue weighted by atomic mass is 19.1. The SMILES string of the molecule is COC(=O)[C@H](Cc1ccc(F)cc1)NC(=O)c1oc(C)nc1C. The second kappa shape index (κ2) is 7.04. The van der Waals surface area contributed by atoms with Gasteiger partial charge in [-0.1, -0.05) is 12.1 Å². The minimum absolute atomic E-state index is 0.0514. The summed E-state index contributed by atoms with van der Waals surface area (Å²) in [7, 11) is 1.23. The maximum absolute atomic E-state index is 12.9. The molecule has 23 heavy (non-hydrogen) atoms. The summed E-state index contributed by atoms with van der Waals surface area (Å²) in [5, 5.41) is 2.56. The summed E-state index contributed by atoms with van der Waals surface area (Å²) in [5.41, 5.74) is 1.12. The van der Waals surface area contributed by atoms with E-state index in [1.54, 1.807) is 26.0 Å². The number of carbonyl (C=O) groups excluding carboxylic acids is 2. The normalized spacial score (nSPS) is 11.8. The maximum Gasteiger partial charge on any atom is 0.328 e. The number of benzene rings is 1. The quantitative estimate of drug-likeness (QED) is 0.852. The molecule has 1 atom stereocenters. The lowest BCUT2D eigenvalue weighted by Crippen LogP contribution is -2.43. The number of methoxy groups -OCH3 is 1. The van der Waals surface area contributed by atoms with Crippen LogP contribution in [-0.2, 0) is 16.0 Å². The largest absolute Gasteiger partial charge is 0.467 e. The van der Waals surface area contributed by atoms with Gasteiger partial charge >= 0.3 is 5.97 Å². The molecular formula is C16H17FN2O4. The zero-order valence-electron chi connectivity index (χ0n) is 13.1. The fourth-order valence-electron chi connectivity index (χ4n) is 2.16. The Kier molecular flexibility index (Phi) is 5.10. The molecular weight excluding hydrogens is 303 g/mol. The molecule has 0 saturated carbocycles. The molecule has 0 aliphatic rings. The Hall–Kier alpha value is -2.70. The number of hydrogen-bond acceptors (Lipinski definition) is 5. The molecule has 2 rings (SSSR count). The van der Waals surface area contributed by atoms with Gasteiger partial charge in [0.15, 0.2) is 5.89 Å². The highest BCUT2D eigenvalue weighted by Crippen LogP contribution is 2.11. The lowest BCUT2D eigenvalue weighted by molar-refractivity contribution is -0.142. The predicted octanol–water partition coefficient (Wildman–Crippen LogP) is 1.94. The van der Waals surface area contributed by atoms with Gasteiger partial charge in [0.25, 0.3) is 5.91 Å². The van der Waals surface area contributed by atoms with Gasteiger partial charge in [0, 0.05) is 13.3 Å². The standard InChI is InChI=1S/C16H17FN2O4/c1-9-14(23-10(2)18-9)15(20)19-13(16(21)22-3)8-11-4-6-12(17)7-5-11/h4-7,13H,8H2,1-3H3,(H,19,20)/t13-/m0/s1. The molecule has 2 aromatic rings. The monoisotopic (exact) mass is 320 g/mol. The van der Waals surface area contributed by atoms with Crippen LogP contribution in [0.25, 0.3) is 0 Å². The molecule has 1 amide bonds. The first-order chi connectivity index (χ1) is 10.9. The maximum atomic E-state index is 12.9. The summed E-state index contributed by atoms with van der Waals surface area (Å²) in [4.78, 5) is 28.1. The zero-order chi connectivity index (χ0) is 17.0. The van der Waals surface area contributed by atoms with E-state index >= 15 is 0 Å². The molecule has 7 heteroatoms. The van der Waals surface area contributed by atoms with E-state index in [0.717, 1.165) is 0 Å². The minimum Gasteiger partial charge on any atom is -0.467 e. The number of aromatic nitrogens is 1. The summed E-state index contributed by atoms with van der Waals surface area (Å²) in [6.07, 6.45) is 0.171. The third-order valence-electron chi connectivity index (χ3n) is 3.25. The summed E-state index contributed by atoms with van der Waals surface area (Å²) in [6.45, 7) is 3.26. The van der Waals surface area contributed by atoms with E-state index in [9.17, 15) is 14.0 Å². The Labute approximate surface area is 132 Å². The van der Waals surface area contributed by atoms with Crippen molar-refractivity contribution in [1.82, 2.24) is 10.3 Å². The lowest BCUT2D eigenvalue weighted by atomic mass is 10.1. The van der Waals surface area contributed by atoms with Crippen molar-refractivity contribution in [2.24, 2.45) is 0 Å². The molecule has 0 radical (unpaired) electrons. The highest BCUT2D eigenvalue weighted by Gasteiger charge is 2.25. The van der Waals surface area contributed by atoms with Gasteiger partial charge in [-0.3, -0.25) is 4.79 Å². The van der Waals surface area contributed by atoms with Crippen LogP contribution in [0.2, 0.25) is 0 Å². The van der Waals surface area contributed by atoms with E-state index in [4.69, 9.17) is 9.15 Å². The van der Waals surface area contributed by atoms with E-state index in [-0.39, 0.29) is 18.0 Å². The van der Waals surface area contributed by atoms with Crippen LogP contribution in [0.3, 0.4) is 0 Å². The Morgan fingerprint density at radius 1 is 1.30 bits per heavy atom. The third-order valence-corrected chi connectivity index (χ3v) is 3.25. The number of halogens is 1. The van der Waals surface area contributed by atoms with Gasteiger partial charge < -0.3 is 14.5 Å². The molecule has 0 fully saturated rings. The predicted molar refractivity (Wildman–Crippen MR) is 79.4 cm³/mol. The highest BCUT2D eigenvalue weighted by molar-refractivity contribution is 5.95. The average molecular weight is 320 g/mol. The summed E-state index contributed by atoms with van der Waals surface area (Å²) < 4.78 is 22.9. The van der Waals surface area contributed by atoms with E-state index < -0.39 is 17.9 Å². The van der Waals surface area contributed by atoms with Gasteiger partial charge in [-0.25, -0.2) is 14.2 Å². The van der Waals surface area contributed by atoms with Crippen LogP contribution in [0.4, 0.5) is 4.39 Å². The fourth-order valence-corrected chi connectivity index (χ4v) is 2.16. The first kappa shape index (κ1) is 16.7. The van der Waals surface area contributed by atoms with Crippen molar-refractivity contribution in [3.63, 3.8) is 0 Å². The van der Waals surface area contributed by atoms with Crippen LogP contribution in [0.15, 0.2) is 28.7 Å². The molecule has 0 spiro atoms. The first-order valence-corrected chi connectivity index (χ1v) is 6.98. The van der Waals surface area contributed by atoms with Crippen molar-refractivity contribution in [3.8, 4) is 0 Å². The van der Waals surface area contributed by atoms with E-state index in [2.05, 4.69) is 10.3 Å². The molecule has 0 unspecified atom stereocenters. The topological polar surface area (TPSA) is 81.4 Å². The molecule has 1 heterocycles. The van der Waals surface area contributed by atoms with Crippen molar-refractivity contribution >= 4 is 11.9 Å². The molecule has 0 aliphatic carbocycles. The number of amides is 1. The van der Waals surface area contributed by atoms with Crippen LogP contribution in [-0.4, -0.2) is 30.0 Å². The number of nitrogens with one attached hydrogen (secondary N) is 1. The van der Waals surface area contributed by atoms with Crippen molar-refractivity contribution in [3.05, 3.63) is 53.0 Å². The van der Waals surface area contributed by atoms with Gasteiger partial charge in [0.05, 0.1) is 12.8 Å². The second-order valence-corrected chi connectivity index (χ2v) is 5.03. The lowest BCUT2D eigenvalue weighted by Gasteiger charge is -2.16. The second-order valence-electron chi connectivity index (χ2n) is 5.03. The number of carbonyl (C=O) groups is 2. The number of oxazole rings is 1. The Bertz CT molecular complexity index is 709. The Morgan fingerprint density at radius 3 is 2.48 bits per heavy atom. The van der Waals surface area contributed by atoms with Crippen molar-refractivity contribution < 1.29 is 23.1 Å². The van der Waals surface area contributed by atoms with Gasteiger partial charge in [0.2, 0.25) is 5.76 Å². The average Bonchev–Trinajstić information content (AvgIpc) is 2.86. The Morgan fingerprint density at radius 2 is 1.96 bits per heavy atom. The van der Waals surface area contributed by atoms with E-state index in [1.807, 2.05) is 0 Å². The number of hydrogen-bond donors (Lipinski definition) is 1. The molecule has 0 aliphatic heterocycles. The molecule has 6 nitrogen and oxygen atoms in total. The number of nitrogens with zero attached hydrogens (tertiary/aromatic N) is 1. The number of ether oxygens (including phenoxy) is 1. The molecule has 1 aromatic carbocycles. The van der Waals surface area contributed by atoms with Gasteiger partial charge in [-0.2, -0.15) is 0 Å². The van der Waals surface area contributed by atoms with Crippen molar-refractivity contribution in [2.45, 2.75) is 26.3 Å². The molecule has 1 aromatic heterocycles. The van der Waals surface area contributed by atoms with Gasteiger partial charge in [-0.15, -0.1) is 0 Å². The molecule has 1 N–H and O–H groups in total. The van der Waals surface area contributed by atoms with Crippen LogP contribution in [0.1, 0.15) is 27.7 Å². The van der Waals surface area contributed by atoms with Crippen LogP contribution < -0.4 is 5.32 Å². The summed E-state index contributed by atoms with van der Waals surface area (Å²) in [5.74, 6) is -1.12. The smallest absolute Gasteiger partial charge is 0.328 e. The van der Waals surface area contributed by atoms with Crippen molar-refractivity contribution in [1.29, 1.82) is 0 Å². The zero-order valence-corrected chi connectivity index (χ0v) is 13.1. The van der Waals surface area contributed by atoms with Gasteiger partial charge in [-0.05, 0) is 24.6 Å². The molecule has 0 saturated heterocycles. The summed E-state index contributed by atoms with van der Waals surface area (Å²) >= 11 is 0. The number of rotatable bonds is 5. The third kappa shape index (κ3) is 4.15. The first-order valence-electron chi connectivity index (χ1n) is 6.98. The Balaban J connectivity index is 2.15. The molecule has 0 bridgehead atoms. The van der Waals surface area contributed by atoms with Gasteiger partial charge in [0.1, 0.15) is 11.9 Å². The van der Waals surface area contributed by atoms with Crippen LogP contribution in [0, 0.1) is 19.7 Å². The van der Waals surface area contributed by atoms with E-state index in [0.29, 0.717) is 17.1 Å².